The first-order valence-corrected chi connectivity index (χ1v) is 11.2. The molecule has 0 radical (unpaired) electrons. The monoisotopic (exact) mass is 384 g/mol. The lowest BCUT2D eigenvalue weighted by molar-refractivity contribution is 0.566. The molecule has 0 aliphatic carbocycles. The predicted molar refractivity (Wildman–Crippen MR) is 106 cm³/mol. The molecule has 8 heteroatoms. The van der Waals surface area contributed by atoms with Crippen LogP contribution in [0.2, 0.25) is 0 Å². The summed E-state index contributed by atoms with van der Waals surface area (Å²) in [5.74, 6) is 1.71. The van der Waals surface area contributed by atoms with E-state index in [-0.39, 0.29) is 0 Å². The maximum Gasteiger partial charge on any atom is 0.254 e. The maximum absolute atomic E-state index is 11.9. The molecule has 1 saturated heterocycles. The molecule has 1 N–H and O–H groups in total. The van der Waals surface area contributed by atoms with Gasteiger partial charge < -0.3 is 4.90 Å². The van der Waals surface area contributed by atoms with Gasteiger partial charge in [-0.25, -0.2) is 14.0 Å². The Hall–Kier alpha value is -2.48. The van der Waals surface area contributed by atoms with E-state index in [9.17, 15) is 4.21 Å². The fraction of sp³-hybridized carbons (Fsp3) is 0.421. The Balaban J connectivity index is 1.77. The Bertz CT molecular complexity index is 1070. The Kier molecular flexibility index (Phi) is 4.59. The molecule has 0 saturated carbocycles. The minimum Gasteiger partial charge on any atom is -0.356 e. The van der Waals surface area contributed by atoms with E-state index in [0.717, 1.165) is 35.7 Å². The van der Waals surface area contributed by atoms with Crippen LogP contribution in [-0.2, 0) is 16.1 Å². The Morgan fingerprint density at radius 3 is 2.52 bits per heavy atom. The molecule has 27 heavy (non-hydrogen) atoms. The van der Waals surface area contributed by atoms with Gasteiger partial charge in [-0.05, 0) is 43.9 Å². The molecular weight excluding hydrogens is 360 g/mol. The van der Waals surface area contributed by atoms with Gasteiger partial charge in [0.25, 0.3) is 5.78 Å². The zero-order valence-corrected chi connectivity index (χ0v) is 16.5. The van der Waals surface area contributed by atoms with Gasteiger partial charge in [0.2, 0.25) is 0 Å². The van der Waals surface area contributed by atoms with Crippen LogP contribution in [0.4, 0.5) is 5.82 Å². The van der Waals surface area contributed by atoms with Gasteiger partial charge in [-0.2, -0.15) is 14.6 Å². The van der Waals surface area contributed by atoms with Crippen molar-refractivity contribution in [2.45, 2.75) is 37.5 Å². The number of anilines is 1. The van der Waals surface area contributed by atoms with Crippen LogP contribution < -0.4 is 4.90 Å². The molecule has 1 aromatic carbocycles. The van der Waals surface area contributed by atoms with E-state index in [1.807, 2.05) is 23.6 Å². The number of rotatable bonds is 4. The van der Waals surface area contributed by atoms with E-state index in [4.69, 9.17) is 4.78 Å². The Morgan fingerprint density at radius 2 is 1.85 bits per heavy atom. The Labute approximate surface area is 159 Å². The average Bonchev–Trinajstić information content (AvgIpc) is 3.10. The van der Waals surface area contributed by atoms with Gasteiger partial charge >= 0.3 is 0 Å². The van der Waals surface area contributed by atoms with Crippen molar-refractivity contribution in [1.82, 2.24) is 19.6 Å². The number of aryl methyl sites for hydroxylation is 1. The van der Waals surface area contributed by atoms with Crippen LogP contribution in [0.25, 0.3) is 5.78 Å². The molecule has 3 heterocycles. The van der Waals surface area contributed by atoms with Crippen molar-refractivity contribution in [2.24, 2.45) is 0 Å². The summed E-state index contributed by atoms with van der Waals surface area (Å²) in [7, 11) is -2.69. The van der Waals surface area contributed by atoms with E-state index in [0.29, 0.717) is 17.1 Å². The molecule has 4 rings (SSSR count). The highest BCUT2D eigenvalue weighted by Gasteiger charge is 2.22. The minimum absolute atomic E-state index is 0.559. The second-order valence-corrected chi connectivity index (χ2v) is 9.34. The number of piperidine rings is 1. The van der Waals surface area contributed by atoms with Gasteiger partial charge in [-0.3, -0.25) is 0 Å². The third-order valence-corrected chi connectivity index (χ3v) is 6.29. The van der Waals surface area contributed by atoms with Crippen LogP contribution in [0.3, 0.4) is 0 Å². The summed E-state index contributed by atoms with van der Waals surface area (Å²) in [5, 5.41) is 4.42. The first-order chi connectivity index (χ1) is 12.9. The molecule has 1 atom stereocenters. The van der Waals surface area contributed by atoms with Crippen molar-refractivity contribution < 1.29 is 4.21 Å². The summed E-state index contributed by atoms with van der Waals surface area (Å²) in [6, 6.07) is 7.50. The number of hydrogen-bond donors (Lipinski definition) is 1. The van der Waals surface area contributed by atoms with E-state index in [1.54, 1.807) is 18.5 Å². The predicted octanol–water partition coefficient (Wildman–Crippen LogP) is 3.05. The molecule has 1 aliphatic rings. The van der Waals surface area contributed by atoms with E-state index < -0.39 is 9.73 Å². The lowest BCUT2D eigenvalue weighted by atomic mass is 10.0. The topological polar surface area (TPSA) is 87.2 Å². The van der Waals surface area contributed by atoms with Crippen LogP contribution in [-0.4, -0.2) is 43.1 Å². The molecule has 0 spiro atoms. The summed E-state index contributed by atoms with van der Waals surface area (Å²) in [6.07, 6.45) is 7.34. The van der Waals surface area contributed by atoms with Crippen LogP contribution in [0, 0.1) is 11.7 Å². The number of hydrogen-bond acceptors (Lipinski definition) is 6. The maximum atomic E-state index is 11.9. The second kappa shape index (κ2) is 6.92. The molecule has 1 aliphatic heterocycles. The Morgan fingerprint density at radius 1 is 1.15 bits per heavy atom. The van der Waals surface area contributed by atoms with Crippen LogP contribution >= 0.6 is 0 Å². The van der Waals surface area contributed by atoms with Gasteiger partial charge in [0.15, 0.2) is 0 Å². The molecule has 2 aromatic heterocycles. The fourth-order valence-electron chi connectivity index (χ4n) is 3.68. The first-order valence-electron chi connectivity index (χ1n) is 9.20. The van der Waals surface area contributed by atoms with E-state index in [1.165, 1.54) is 25.5 Å². The van der Waals surface area contributed by atoms with Crippen molar-refractivity contribution in [1.29, 1.82) is 4.78 Å². The quantitative estimate of drug-likeness (QED) is 0.747. The van der Waals surface area contributed by atoms with Crippen LogP contribution in [0.1, 0.15) is 36.1 Å². The number of fused-ring (bicyclic) bond motifs is 1. The standard InChI is InChI=1S/C19H24N6OS/c1-14-17(12-15-6-8-16(9-7-15)27(2,20)26)18(24-10-4-3-5-11-24)25-19(23-14)21-13-22-25/h6-9,13,20H,3-5,10-12H2,1-2H3/t27-/m1/s1. The number of nitrogens with zero attached hydrogens (tertiary/aromatic N) is 5. The number of benzene rings is 1. The normalized spacial score (nSPS) is 17.2. The SMILES string of the molecule is Cc1nc2ncnn2c(N2CCCCC2)c1Cc1ccc([S@](C)(=N)=O)cc1. The lowest BCUT2D eigenvalue weighted by Crippen LogP contribution is -2.32. The number of nitrogens with one attached hydrogen (secondary N) is 1. The fourth-order valence-corrected chi connectivity index (χ4v) is 4.33. The van der Waals surface area contributed by atoms with Crippen molar-refractivity contribution in [3.63, 3.8) is 0 Å². The molecule has 142 valence electrons. The third-order valence-electron chi connectivity index (χ3n) is 5.11. The van der Waals surface area contributed by atoms with E-state index in [2.05, 4.69) is 20.0 Å². The minimum atomic E-state index is -2.69. The summed E-state index contributed by atoms with van der Waals surface area (Å²) < 4.78 is 21.5. The van der Waals surface area contributed by atoms with Crippen molar-refractivity contribution in [2.75, 3.05) is 24.2 Å². The van der Waals surface area contributed by atoms with E-state index >= 15 is 0 Å². The summed E-state index contributed by atoms with van der Waals surface area (Å²) in [4.78, 5) is 11.9. The summed E-state index contributed by atoms with van der Waals surface area (Å²) >= 11 is 0. The third kappa shape index (κ3) is 3.53. The molecule has 0 amide bonds. The molecule has 7 nitrogen and oxygen atoms in total. The van der Waals surface area contributed by atoms with Crippen LogP contribution in [0.5, 0.6) is 0 Å². The van der Waals surface area contributed by atoms with Gasteiger partial charge in [-0.15, -0.1) is 0 Å². The molecule has 3 aromatic rings. The van der Waals surface area contributed by atoms with Crippen molar-refractivity contribution >= 4 is 21.3 Å². The molecular formula is C19H24N6OS. The molecule has 0 bridgehead atoms. The zero-order chi connectivity index (χ0) is 19.0. The average molecular weight is 385 g/mol. The zero-order valence-electron chi connectivity index (χ0n) is 15.7. The van der Waals surface area contributed by atoms with Gasteiger partial charge in [0.1, 0.15) is 12.1 Å². The lowest BCUT2D eigenvalue weighted by Gasteiger charge is -2.31. The van der Waals surface area contributed by atoms with Gasteiger partial charge in [-0.1, -0.05) is 12.1 Å². The first kappa shape index (κ1) is 17.9. The highest BCUT2D eigenvalue weighted by Crippen LogP contribution is 2.28. The molecule has 0 unspecified atom stereocenters. The summed E-state index contributed by atoms with van der Waals surface area (Å²) in [5.41, 5.74) is 3.20. The molecule has 1 fully saturated rings. The summed E-state index contributed by atoms with van der Waals surface area (Å²) in [6.45, 7) is 4.05. The number of aromatic nitrogens is 4. The highest BCUT2D eigenvalue weighted by atomic mass is 32.2. The van der Waals surface area contributed by atoms with Gasteiger partial charge in [0, 0.05) is 41.9 Å². The highest BCUT2D eigenvalue weighted by molar-refractivity contribution is 7.91. The van der Waals surface area contributed by atoms with Crippen molar-refractivity contribution in [3.05, 3.63) is 47.4 Å². The smallest absolute Gasteiger partial charge is 0.254 e. The largest absolute Gasteiger partial charge is 0.356 e. The van der Waals surface area contributed by atoms with Crippen molar-refractivity contribution in [3.8, 4) is 0 Å². The van der Waals surface area contributed by atoms with Gasteiger partial charge in [0.05, 0.1) is 9.73 Å². The van der Waals surface area contributed by atoms with Crippen LogP contribution in [0.15, 0.2) is 35.5 Å². The second-order valence-electron chi connectivity index (χ2n) is 7.18.